The summed E-state index contributed by atoms with van der Waals surface area (Å²) in [6.07, 6.45) is -2.95. The smallest absolute Gasteiger partial charge is 0.423 e. The number of aliphatic hydroxyl groups is 1. The van der Waals surface area contributed by atoms with E-state index >= 15 is 0 Å². The quantitative estimate of drug-likeness (QED) is 0.489. The van der Waals surface area contributed by atoms with Gasteiger partial charge in [-0.15, -0.1) is 0 Å². The summed E-state index contributed by atoms with van der Waals surface area (Å²) in [4.78, 5) is 3.11. The number of aliphatic imine (C=N–C) groups is 1. The normalized spacial score (nSPS) is 25.6. The lowest BCUT2D eigenvalue weighted by atomic mass is 9.92. The number of nitrogens with zero attached hydrogens (tertiary/aromatic N) is 2. The van der Waals surface area contributed by atoms with E-state index in [1.807, 2.05) is 0 Å². The Hall–Kier alpha value is -1.02. The van der Waals surface area contributed by atoms with Crippen LogP contribution in [0.3, 0.4) is 0 Å². The molecule has 0 aromatic heterocycles. The van der Waals surface area contributed by atoms with Crippen LogP contribution in [-0.4, -0.2) is 42.4 Å². The van der Waals surface area contributed by atoms with Gasteiger partial charge in [-0.25, -0.2) is 0 Å². The molecule has 1 fully saturated rings. The molecule has 0 radical (unpaired) electrons. The minimum absolute atomic E-state index is 0.501. The molecule has 0 amide bonds. The molecule has 18 heavy (non-hydrogen) atoms. The predicted molar refractivity (Wildman–Crippen MR) is 64.8 cm³/mol. The lowest BCUT2D eigenvalue weighted by Gasteiger charge is -2.33. The summed E-state index contributed by atoms with van der Waals surface area (Å²) in [5.41, 5.74) is -1.11. The van der Waals surface area contributed by atoms with Crippen molar-refractivity contribution in [2.75, 3.05) is 6.26 Å². The minimum atomic E-state index is -4.63. The Balaban J connectivity index is 2.91. The molecule has 1 N–H and O–H groups in total. The van der Waals surface area contributed by atoms with Crippen molar-refractivity contribution in [2.45, 2.75) is 31.2 Å². The fourth-order valence-corrected chi connectivity index (χ4v) is 1.60. The largest absolute Gasteiger partial charge is 0.471 e. The molecule has 0 spiro atoms. The summed E-state index contributed by atoms with van der Waals surface area (Å²) in [6.45, 7) is 2.99. The molecule has 0 saturated heterocycles. The molecule has 0 heterocycles. The Kier molecular flexibility index (Phi) is 5.21. The van der Waals surface area contributed by atoms with E-state index in [0.717, 1.165) is 11.9 Å². The van der Waals surface area contributed by atoms with Crippen LogP contribution >= 0.6 is 11.9 Å². The number of halogens is 3. The Morgan fingerprint density at radius 1 is 1.50 bits per heavy atom. The first kappa shape index (κ1) is 15.0. The molecule has 0 bridgehead atoms. The molecular weight excluding hydrogens is 269 g/mol. The monoisotopic (exact) mass is 282 g/mol. The second-order valence-electron chi connectivity index (χ2n) is 3.60. The number of aliphatic hydroxyl groups excluding tert-OH is 1. The van der Waals surface area contributed by atoms with Crippen LogP contribution in [0, 0.1) is 0 Å². The van der Waals surface area contributed by atoms with Crippen molar-refractivity contribution in [2.24, 2.45) is 9.39 Å². The standard InChI is InChI=1S/C10H13F3N2O2S/c1-14-5-6(10(11,12)13)9(15-18-2)17-8-4-3-7(8)16/h5,7-8,16H,1,3-4H2,2H3/b6-5+,15-9+. The van der Waals surface area contributed by atoms with E-state index in [2.05, 4.69) is 16.1 Å². The van der Waals surface area contributed by atoms with Gasteiger partial charge in [0.1, 0.15) is 11.7 Å². The Labute approximate surface area is 107 Å². The average Bonchev–Trinajstić information content (AvgIpc) is 2.28. The van der Waals surface area contributed by atoms with Crippen molar-refractivity contribution < 1.29 is 23.0 Å². The topological polar surface area (TPSA) is 54.2 Å². The molecule has 0 aliphatic heterocycles. The maximum absolute atomic E-state index is 12.8. The van der Waals surface area contributed by atoms with Gasteiger partial charge in [-0.1, -0.05) is 0 Å². The molecule has 2 unspecified atom stereocenters. The predicted octanol–water partition coefficient (Wildman–Crippen LogP) is 2.35. The van der Waals surface area contributed by atoms with Gasteiger partial charge in [0.25, 0.3) is 0 Å². The Bertz CT molecular complexity index is 369. The second kappa shape index (κ2) is 6.24. The van der Waals surface area contributed by atoms with E-state index in [-0.39, 0.29) is 0 Å². The first-order valence-corrected chi connectivity index (χ1v) is 6.27. The first-order chi connectivity index (χ1) is 8.40. The van der Waals surface area contributed by atoms with Crippen molar-refractivity contribution >= 4 is 24.6 Å². The van der Waals surface area contributed by atoms with Crippen molar-refractivity contribution in [3.8, 4) is 0 Å². The van der Waals surface area contributed by atoms with Gasteiger partial charge < -0.3 is 9.84 Å². The van der Waals surface area contributed by atoms with Crippen molar-refractivity contribution in [3.05, 3.63) is 11.8 Å². The fraction of sp³-hybridized carbons (Fsp3) is 0.600. The zero-order chi connectivity index (χ0) is 13.8. The third kappa shape index (κ3) is 3.74. The molecule has 0 aromatic rings. The summed E-state index contributed by atoms with van der Waals surface area (Å²) in [5.74, 6) is -0.578. The molecule has 1 aliphatic rings. The number of ether oxygens (including phenoxy) is 1. The molecule has 0 aromatic carbocycles. The van der Waals surface area contributed by atoms with Crippen LogP contribution in [0.4, 0.5) is 13.2 Å². The number of hydrogen-bond donors (Lipinski definition) is 1. The lowest BCUT2D eigenvalue weighted by Crippen LogP contribution is -2.41. The van der Waals surface area contributed by atoms with E-state index in [0.29, 0.717) is 19.0 Å². The van der Waals surface area contributed by atoms with Crippen molar-refractivity contribution in [1.29, 1.82) is 0 Å². The summed E-state index contributed by atoms with van der Waals surface area (Å²) in [6, 6.07) is 0. The van der Waals surface area contributed by atoms with E-state index < -0.39 is 29.9 Å². The van der Waals surface area contributed by atoms with Gasteiger partial charge >= 0.3 is 6.18 Å². The van der Waals surface area contributed by atoms with Gasteiger partial charge in [0.15, 0.2) is 0 Å². The second-order valence-corrected chi connectivity index (χ2v) is 4.15. The van der Waals surface area contributed by atoms with Crippen LogP contribution in [-0.2, 0) is 4.74 Å². The highest BCUT2D eigenvalue weighted by Gasteiger charge is 2.41. The molecule has 1 saturated carbocycles. The number of alkyl halides is 3. The highest BCUT2D eigenvalue weighted by atomic mass is 32.2. The maximum atomic E-state index is 12.8. The van der Waals surface area contributed by atoms with Crippen LogP contribution in [0.15, 0.2) is 21.2 Å². The Morgan fingerprint density at radius 3 is 2.50 bits per heavy atom. The molecule has 8 heteroatoms. The molecule has 2 atom stereocenters. The van der Waals surface area contributed by atoms with Gasteiger partial charge in [0.05, 0.1) is 6.10 Å². The highest BCUT2D eigenvalue weighted by Crippen LogP contribution is 2.31. The minimum Gasteiger partial charge on any atom is -0.471 e. The van der Waals surface area contributed by atoms with E-state index in [1.54, 1.807) is 0 Å². The van der Waals surface area contributed by atoms with E-state index in [9.17, 15) is 18.3 Å². The molecule has 1 rings (SSSR count). The number of rotatable bonds is 4. The first-order valence-electron chi connectivity index (χ1n) is 5.09. The third-order valence-electron chi connectivity index (χ3n) is 2.37. The van der Waals surface area contributed by atoms with E-state index in [1.165, 1.54) is 6.26 Å². The van der Waals surface area contributed by atoms with E-state index in [4.69, 9.17) is 4.74 Å². The van der Waals surface area contributed by atoms with Gasteiger partial charge in [-0.2, -0.15) is 17.6 Å². The summed E-state index contributed by atoms with van der Waals surface area (Å²) < 4.78 is 47.0. The van der Waals surface area contributed by atoms with Crippen LogP contribution in [0.25, 0.3) is 0 Å². The zero-order valence-corrected chi connectivity index (χ0v) is 10.5. The number of hydrogen-bond acceptors (Lipinski definition) is 5. The molecular formula is C10H13F3N2O2S. The van der Waals surface area contributed by atoms with Gasteiger partial charge in [0, 0.05) is 12.5 Å². The van der Waals surface area contributed by atoms with Gasteiger partial charge in [-0.05, 0) is 31.5 Å². The van der Waals surface area contributed by atoms with Crippen LogP contribution < -0.4 is 0 Å². The zero-order valence-electron chi connectivity index (χ0n) is 9.65. The molecule has 102 valence electrons. The fourth-order valence-electron chi connectivity index (χ4n) is 1.29. The maximum Gasteiger partial charge on any atom is 0.423 e. The van der Waals surface area contributed by atoms with Crippen molar-refractivity contribution in [1.82, 2.24) is 0 Å². The highest BCUT2D eigenvalue weighted by molar-refractivity contribution is 7.97. The van der Waals surface area contributed by atoms with Crippen LogP contribution in [0.2, 0.25) is 0 Å². The van der Waals surface area contributed by atoms with Gasteiger partial charge in [-0.3, -0.25) is 4.99 Å². The average molecular weight is 282 g/mol. The molecule has 1 aliphatic carbocycles. The summed E-state index contributed by atoms with van der Waals surface area (Å²) in [5, 5.41) is 9.32. The SMILES string of the molecule is C=N/C=C(\C(=N/SC)OC1CCC1O)C(F)(F)F. The summed E-state index contributed by atoms with van der Waals surface area (Å²) >= 11 is 0.836. The van der Waals surface area contributed by atoms with Crippen LogP contribution in [0.5, 0.6) is 0 Å². The van der Waals surface area contributed by atoms with Crippen molar-refractivity contribution in [3.63, 3.8) is 0 Å². The van der Waals surface area contributed by atoms with Crippen LogP contribution in [0.1, 0.15) is 12.8 Å². The molecule has 4 nitrogen and oxygen atoms in total. The Morgan fingerprint density at radius 2 is 2.17 bits per heavy atom. The van der Waals surface area contributed by atoms with Gasteiger partial charge in [0.2, 0.25) is 5.90 Å². The third-order valence-corrected chi connectivity index (χ3v) is 2.72. The summed E-state index contributed by atoms with van der Waals surface area (Å²) in [7, 11) is 0. The lowest BCUT2D eigenvalue weighted by molar-refractivity contribution is -0.0922.